The smallest absolute Gasteiger partial charge is 0.123 e. The number of ether oxygens (including phenoxy) is 1. The van der Waals surface area contributed by atoms with Crippen LogP contribution in [0.15, 0.2) is 40.9 Å². The zero-order valence-electron chi connectivity index (χ0n) is 11.2. The van der Waals surface area contributed by atoms with E-state index in [0.29, 0.717) is 0 Å². The molecule has 0 saturated carbocycles. The van der Waals surface area contributed by atoms with E-state index in [1.165, 1.54) is 16.7 Å². The Morgan fingerprint density at radius 1 is 1.05 bits per heavy atom. The van der Waals surface area contributed by atoms with Crippen molar-refractivity contribution in [1.82, 2.24) is 0 Å². The van der Waals surface area contributed by atoms with Crippen molar-refractivity contribution >= 4 is 31.9 Å². The fourth-order valence-electron chi connectivity index (χ4n) is 1.96. The third-order valence-corrected chi connectivity index (χ3v) is 5.03. The molecule has 3 heteroatoms. The molecule has 19 heavy (non-hydrogen) atoms. The van der Waals surface area contributed by atoms with Crippen molar-refractivity contribution in [2.24, 2.45) is 0 Å². The second-order valence-corrected chi connectivity index (χ2v) is 6.39. The Morgan fingerprint density at radius 2 is 1.68 bits per heavy atom. The Labute approximate surface area is 131 Å². The van der Waals surface area contributed by atoms with E-state index in [-0.39, 0.29) is 4.83 Å². The molecule has 0 amide bonds. The van der Waals surface area contributed by atoms with Gasteiger partial charge in [0.15, 0.2) is 0 Å². The Morgan fingerprint density at radius 3 is 2.26 bits per heavy atom. The van der Waals surface area contributed by atoms with Crippen LogP contribution in [0.25, 0.3) is 0 Å². The van der Waals surface area contributed by atoms with Crippen LogP contribution in [0.4, 0.5) is 0 Å². The summed E-state index contributed by atoms with van der Waals surface area (Å²) in [5, 5.41) is 0. The number of hydrogen-bond acceptors (Lipinski definition) is 1. The molecular formula is C16H16Br2O. The molecule has 0 saturated heterocycles. The molecule has 0 aliphatic heterocycles. The molecule has 0 aliphatic carbocycles. The molecule has 0 aliphatic rings. The molecule has 100 valence electrons. The van der Waals surface area contributed by atoms with E-state index in [2.05, 4.69) is 82.1 Å². The maximum absolute atomic E-state index is 5.50. The first kappa shape index (κ1) is 14.6. The van der Waals surface area contributed by atoms with E-state index in [4.69, 9.17) is 4.74 Å². The van der Waals surface area contributed by atoms with Crippen LogP contribution in [0, 0.1) is 13.8 Å². The SMILES string of the molecule is COc1cc(C)c(Br)cc1C(Br)c1ccc(C)cc1. The maximum Gasteiger partial charge on any atom is 0.123 e. The first-order valence-corrected chi connectivity index (χ1v) is 7.78. The van der Waals surface area contributed by atoms with E-state index in [0.717, 1.165) is 15.8 Å². The molecule has 1 nitrogen and oxygen atoms in total. The molecule has 0 spiro atoms. The van der Waals surface area contributed by atoms with Crippen LogP contribution >= 0.6 is 31.9 Å². The van der Waals surface area contributed by atoms with Gasteiger partial charge in [-0.25, -0.2) is 0 Å². The van der Waals surface area contributed by atoms with Crippen molar-refractivity contribution in [2.75, 3.05) is 7.11 Å². The third kappa shape index (κ3) is 3.21. The molecule has 0 N–H and O–H groups in total. The highest BCUT2D eigenvalue weighted by molar-refractivity contribution is 9.10. The fraction of sp³-hybridized carbons (Fsp3) is 0.250. The van der Waals surface area contributed by atoms with Gasteiger partial charge in [0.2, 0.25) is 0 Å². The number of benzene rings is 2. The minimum absolute atomic E-state index is 0.125. The Bertz CT molecular complexity index is 576. The summed E-state index contributed by atoms with van der Waals surface area (Å²) in [7, 11) is 1.71. The number of methoxy groups -OCH3 is 1. The number of rotatable bonds is 3. The molecule has 0 aromatic heterocycles. The van der Waals surface area contributed by atoms with Crippen molar-refractivity contribution in [1.29, 1.82) is 0 Å². The molecule has 2 aromatic rings. The van der Waals surface area contributed by atoms with Gasteiger partial charge in [0.1, 0.15) is 5.75 Å². The standard InChI is InChI=1S/C16H16Br2O/c1-10-4-6-12(7-5-10)16(18)13-9-14(17)11(2)8-15(13)19-3/h4-9,16H,1-3H3. The normalized spacial score (nSPS) is 12.3. The predicted octanol–water partition coefficient (Wildman–Crippen LogP) is 5.56. The third-order valence-electron chi connectivity index (χ3n) is 3.15. The molecule has 1 unspecified atom stereocenters. The lowest BCUT2D eigenvalue weighted by Gasteiger charge is -2.16. The average molecular weight is 384 g/mol. The highest BCUT2D eigenvalue weighted by atomic mass is 79.9. The molecule has 0 bridgehead atoms. The van der Waals surface area contributed by atoms with Gasteiger partial charge in [-0.1, -0.05) is 61.7 Å². The predicted molar refractivity (Wildman–Crippen MR) is 87.4 cm³/mol. The number of hydrogen-bond donors (Lipinski definition) is 0. The van der Waals surface area contributed by atoms with Crippen molar-refractivity contribution in [3.63, 3.8) is 0 Å². The minimum Gasteiger partial charge on any atom is -0.496 e. The lowest BCUT2D eigenvalue weighted by atomic mass is 10.0. The molecule has 0 heterocycles. The monoisotopic (exact) mass is 382 g/mol. The first-order chi connectivity index (χ1) is 9.02. The molecular weight excluding hydrogens is 368 g/mol. The summed E-state index contributed by atoms with van der Waals surface area (Å²) in [5.74, 6) is 0.906. The van der Waals surface area contributed by atoms with Gasteiger partial charge in [0, 0.05) is 10.0 Å². The lowest BCUT2D eigenvalue weighted by Crippen LogP contribution is -1.98. The van der Waals surface area contributed by atoms with Gasteiger partial charge in [-0.15, -0.1) is 0 Å². The summed E-state index contributed by atoms with van der Waals surface area (Å²) in [6, 6.07) is 12.7. The Kier molecular flexibility index (Phi) is 4.69. The van der Waals surface area contributed by atoms with Crippen molar-refractivity contribution in [3.8, 4) is 5.75 Å². The second kappa shape index (κ2) is 6.10. The molecule has 0 fully saturated rings. The van der Waals surface area contributed by atoms with Gasteiger partial charge in [-0.05, 0) is 37.1 Å². The van der Waals surface area contributed by atoms with Gasteiger partial charge in [-0.3, -0.25) is 0 Å². The van der Waals surface area contributed by atoms with Crippen LogP contribution in [0.2, 0.25) is 0 Å². The number of halogens is 2. The average Bonchev–Trinajstić information content (AvgIpc) is 2.41. The second-order valence-electron chi connectivity index (χ2n) is 4.62. The van der Waals surface area contributed by atoms with Gasteiger partial charge < -0.3 is 4.74 Å². The molecule has 2 rings (SSSR count). The van der Waals surface area contributed by atoms with E-state index < -0.39 is 0 Å². The topological polar surface area (TPSA) is 9.23 Å². The molecule has 1 atom stereocenters. The molecule has 2 aromatic carbocycles. The Balaban J connectivity index is 2.45. The minimum atomic E-state index is 0.125. The fourth-order valence-corrected chi connectivity index (χ4v) is 2.98. The van der Waals surface area contributed by atoms with Crippen LogP contribution in [-0.4, -0.2) is 7.11 Å². The summed E-state index contributed by atoms with van der Waals surface area (Å²) >= 11 is 7.35. The van der Waals surface area contributed by atoms with Crippen LogP contribution < -0.4 is 4.74 Å². The van der Waals surface area contributed by atoms with Crippen molar-refractivity contribution in [2.45, 2.75) is 18.7 Å². The zero-order valence-corrected chi connectivity index (χ0v) is 14.4. The summed E-state index contributed by atoms with van der Waals surface area (Å²) in [4.78, 5) is 0.125. The van der Waals surface area contributed by atoms with Crippen LogP contribution in [0.3, 0.4) is 0 Å². The van der Waals surface area contributed by atoms with Gasteiger partial charge in [-0.2, -0.15) is 0 Å². The van der Waals surface area contributed by atoms with E-state index in [1.807, 2.05) is 0 Å². The van der Waals surface area contributed by atoms with E-state index in [1.54, 1.807) is 7.11 Å². The van der Waals surface area contributed by atoms with Crippen molar-refractivity contribution in [3.05, 3.63) is 63.1 Å². The van der Waals surface area contributed by atoms with E-state index in [9.17, 15) is 0 Å². The highest BCUT2D eigenvalue weighted by Crippen LogP contribution is 2.39. The van der Waals surface area contributed by atoms with Gasteiger partial charge in [0.25, 0.3) is 0 Å². The maximum atomic E-state index is 5.50. The first-order valence-electron chi connectivity index (χ1n) is 6.07. The van der Waals surface area contributed by atoms with Gasteiger partial charge in [0.05, 0.1) is 11.9 Å². The number of aryl methyl sites for hydroxylation is 2. The van der Waals surface area contributed by atoms with Crippen LogP contribution in [0.5, 0.6) is 5.75 Å². The summed E-state index contributed by atoms with van der Waals surface area (Å²) in [6.07, 6.45) is 0. The number of alkyl halides is 1. The zero-order chi connectivity index (χ0) is 14.0. The Hall–Kier alpha value is -0.800. The largest absolute Gasteiger partial charge is 0.496 e. The van der Waals surface area contributed by atoms with Crippen molar-refractivity contribution < 1.29 is 4.74 Å². The highest BCUT2D eigenvalue weighted by Gasteiger charge is 2.16. The van der Waals surface area contributed by atoms with Crippen LogP contribution in [-0.2, 0) is 0 Å². The van der Waals surface area contributed by atoms with Gasteiger partial charge >= 0.3 is 0 Å². The summed E-state index contributed by atoms with van der Waals surface area (Å²) in [5.41, 5.74) is 4.79. The molecule has 0 radical (unpaired) electrons. The quantitative estimate of drug-likeness (QED) is 0.630. The summed E-state index contributed by atoms with van der Waals surface area (Å²) < 4.78 is 6.59. The van der Waals surface area contributed by atoms with Crippen LogP contribution in [0.1, 0.15) is 27.1 Å². The lowest BCUT2D eigenvalue weighted by molar-refractivity contribution is 0.410. The summed E-state index contributed by atoms with van der Waals surface area (Å²) in [6.45, 7) is 4.15. The van der Waals surface area contributed by atoms with E-state index >= 15 is 0 Å².